The zero-order chi connectivity index (χ0) is 23.9. The smallest absolute Gasteiger partial charge is 0.259 e. The Balaban J connectivity index is 1.61. The first kappa shape index (κ1) is 22.8. The number of amides is 1. The molecule has 1 aliphatic rings. The molecule has 0 spiro atoms. The summed E-state index contributed by atoms with van der Waals surface area (Å²) in [4.78, 5) is 19.7. The average molecular weight is 453 g/mol. The van der Waals surface area contributed by atoms with E-state index < -0.39 is 0 Å². The molecular weight excluding hydrogens is 428 g/mol. The summed E-state index contributed by atoms with van der Waals surface area (Å²) in [5, 5.41) is 18.0. The van der Waals surface area contributed by atoms with Crippen LogP contribution in [0.1, 0.15) is 47.7 Å². The van der Waals surface area contributed by atoms with Crippen molar-refractivity contribution in [2.24, 2.45) is 5.92 Å². The zero-order valence-corrected chi connectivity index (χ0v) is 18.9. The summed E-state index contributed by atoms with van der Waals surface area (Å²) in [5.74, 6) is 1.89. The van der Waals surface area contributed by atoms with E-state index in [1.807, 2.05) is 4.90 Å². The Hall–Kier alpha value is -4.36. The second-order valence-electron chi connectivity index (χ2n) is 8.12. The lowest BCUT2D eigenvalue weighted by atomic mass is 9.94. The van der Waals surface area contributed by atoms with Crippen LogP contribution in [0, 0.1) is 28.6 Å². The van der Waals surface area contributed by atoms with Crippen LogP contribution in [0.25, 0.3) is 0 Å². The number of piperidine rings is 1. The second kappa shape index (κ2) is 10.5. The fourth-order valence-electron chi connectivity index (χ4n) is 3.86. The standard InChI is InChI=1S/C27H24N4O3/c1-2-19-13-15-31(16-14-19)27(32)24-11-12-25(33-22-7-3-20(17-28)4-8-22)30-26(24)34-23-9-5-21(18-29)6-10-23/h3-12,19H,2,13-16H2,1H3. The quantitative estimate of drug-likeness (QED) is 0.478. The van der Waals surface area contributed by atoms with Crippen LogP contribution in [0.5, 0.6) is 23.3 Å². The SMILES string of the molecule is CCC1CCN(C(=O)c2ccc(Oc3ccc(C#N)cc3)nc2Oc2ccc(C#N)cc2)CC1. The van der Waals surface area contributed by atoms with Crippen LogP contribution in [0.15, 0.2) is 60.7 Å². The molecule has 34 heavy (non-hydrogen) atoms. The van der Waals surface area contributed by atoms with Crippen LogP contribution < -0.4 is 9.47 Å². The summed E-state index contributed by atoms with van der Waals surface area (Å²) in [7, 11) is 0. The summed E-state index contributed by atoms with van der Waals surface area (Å²) >= 11 is 0. The third-order valence-corrected chi connectivity index (χ3v) is 5.95. The molecule has 1 fully saturated rings. The normalized spacial score (nSPS) is 13.6. The van der Waals surface area contributed by atoms with Gasteiger partial charge in [0.2, 0.25) is 11.8 Å². The van der Waals surface area contributed by atoms with E-state index in [0.29, 0.717) is 47.2 Å². The van der Waals surface area contributed by atoms with Gasteiger partial charge in [0.15, 0.2) is 0 Å². The summed E-state index contributed by atoms with van der Waals surface area (Å²) < 4.78 is 11.8. The molecule has 0 unspecified atom stereocenters. The molecule has 3 aromatic rings. The summed E-state index contributed by atoms with van der Waals surface area (Å²) in [6, 6.07) is 20.7. The van der Waals surface area contributed by atoms with Crippen molar-refractivity contribution >= 4 is 5.91 Å². The molecule has 7 heteroatoms. The van der Waals surface area contributed by atoms with Crippen LogP contribution >= 0.6 is 0 Å². The number of aromatic nitrogens is 1. The molecule has 2 heterocycles. The average Bonchev–Trinajstić information content (AvgIpc) is 2.89. The molecule has 1 aliphatic heterocycles. The van der Waals surface area contributed by atoms with Crippen LogP contribution in [-0.2, 0) is 0 Å². The van der Waals surface area contributed by atoms with Crippen LogP contribution in [0.2, 0.25) is 0 Å². The number of rotatable bonds is 6. The van der Waals surface area contributed by atoms with Crippen molar-refractivity contribution in [2.45, 2.75) is 26.2 Å². The fraction of sp³-hybridized carbons (Fsp3) is 0.259. The number of likely N-dealkylation sites (tertiary alicyclic amines) is 1. The highest BCUT2D eigenvalue weighted by Crippen LogP contribution is 2.30. The number of benzene rings is 2. The molecular formula is C27H24N4O3. The van der Waals surface area contributed by atoms with Gasteiger partial charge in [-0.2, -0.15) is 15.5 Å². The Kier molecular flexibility index (Phi) is 7.05. The number of carbonyl (C=O) groups is 1. The van der Waals surface area contributed by atoms with Crippen molar-refractivity contribution in [1.29, 1.82) is 10.5 Å². The van der Waals surface area contributed by atoms with Crippen molar-refractivity contribution < 1.29 is 14.3 Å². The highest BCUT2D eigenvalue weighted by molar-refractivity contribution is 5.96. The molecule has 0 bridgehead atoms. The third kappa shape index (κ3) is 5.33. The number of hydrogen-bond acceptors (Lipinski definition) is 6. The van der Waals surface area contributed by atoms with Gasteiger partial charge in [-0.15, -0.1) is 0 Å². The van der Waals surface area contributed by atoms with Gasteiger partial charge < -0.3 is 14.4 Å². The Morgan fingerprint density at radius 2 is 1.47 bits per heavy atom. The minimum Gasteiger partial charge on any atom is -0.439 e. The van der Waals surface area contributed by atoms with E-state index in [-0.39, 0.29) is 17.7 Å². The van der Waals surface area contributed by atoms with E-state index in [2.05, 4.69) is 24.0 Å². The molecule has 0 atom stereocenters. The van der Waals surface area contributed by atoms with Gasteiger partial charge in [-0.05, 0) is 73.4 Å². The van der Waals surface area contributed by atoms with E-state index >= 15 is 0 Å². The third-order valence-electron chi connectivity index (χ3n) is 5.95. The van der Waals surface area contributed by atoms with E-state index in [9.17, 15) is 4.79 Å². The Labute approximate surface area is 198 Å². The highest BCUT2D eigenvalue weighted by atomic mass is 16.5. The lowest BCUT2D eigenvalue weighted by Crippen LogP contribution is -2.38. The Morgan fingerprint density at radius 1 is 0.912 bits per heavy atom. The minimum atomic E-state index is -0.129. The van der Waals surface area contributed by atoms with E-state index in [4.69, 9.17) is 20.0 Å². The highest BCUT2D eigenvalue weighted by Gasteiger charge is 2.26. The monoisotopic (exact) mass is 452 g/mol. The van der Waals surface area contributed by atoms with Gasteiger partial charge in [-0.3, -0.25) is 4.79 Å². The van der Waals surface area contributed by atoms with E-state index in [1.54, 1.807) is 60.7 Å². The van der Waals surface area contributed by atoms with Gasteiger partial charge in [-0.25, -0.2) is 0 Å². The van der Waals surface area contributed by atoms with Gasteiger partial charge in [0.1, 0.15) is 17.1 Å². The molecule has 170 valence electrons. The maximum absolute atomic E-state index is 13.3. The van der Waals surface area contributed by atoms with Crippen LogP contribution in [0.3, 0.4) is 0 Å². The summed E-state index contributed by atoms with van der Waals surface area (Å²) in [6.07, 6.45) is 3.10. The Bertz CT molecular complexity index is 1230. The van der Waals surface area contributed by atoms with Crippen LogP contribution in [-0.4, -0.2) is 28.9 Å². The predicted molar refractivity (Wildman–Crippen MR) is 126 cm³/mol. The summed E-state index contributed by atoms with van der Waals surface area (Å²) in [6.45, 7) is 3.59. The summed E-state index contributed by atoms with van der Waals surface area (Å²) in [5.41, 5.74) is 1.39. The number of carbonyl (C=O) groups excluding carboxylic acids is 1. The predicted octanol–water partition coefficient (Wildman–Crippen LogP) is 5.67. The first-order valence-corrected chi connectivity index (χ1v) is 11.3. The number of nitrogens with zero attached hydrogens (tertiary/aromatic N) is 4. The topological polar surface area (TPSA) is 99.2 Å². The molecule has 1 saturated heterocycles. The zero-order valence-electron chi connectivity index (χ0n) is 18.9. The molecule has 2 aromatic carbocycles. The number of nitriles is 2. The first-order chi connectivity index (χ1) is 16.6. The lowest BCUT2D eigenvalue weighted by Gasteiger charge is -2.31. The van der Waals surface area contributed by atoms with Gasteiger partial charge in [0, 0.05) is 19.2 Å². The molecule has 0 N–H and O–H groups in total. The van der Waals surface area contributed by atoms with Gasteiger partial charge in [-0.1, -0.05) is 13.3 Å². The van der Waals surface area contributed by atoms with Gasteiger partial charge >= 0.3 is 0 Å². The first-order valence-electron chi connectivity index (χ1n) is 11.3. The van der Waals surface area contributed by atoms with Gasteiger partial charge in [0.05, 0.1) is 23.3 Å². The van der Waals surface area contributed by atoms with Crippen LogP contribution in [0.4, 0.5) is 0 Å². The number of hydrogen-bond donors (Lipinski definition) is 0. The van der Waals surface area contributed by atoms with E-state index in [1.165, 1.54) is 0 Å². The fourth-order valence-corrected chi connectivity index (χ4v) is 3.86. The maximum Gasteiger partial charge on any atom is 0.259 e. The number of ether oxygens (including phenoxy) is 2. The van der Waals surface area contributed by atoms with Crippen molar-refractivity contribution in [3.63, 3.8) is 0 Å². The van der Waals surface area contributed by atoms with E-state index in [0.717, 1.165) is 19.3 Å². The minimum absolute atomic E-state index is 0.129. The molecule has 4 rings (SSSR count). The second-order valence-corrected chi connectivity index (χ2v) is 8.12. The lowest BCUT2D eigenvalue weighted by molar-refractivity contribution is 0.0685. The molecule has 0 saturated carbocycles. The van der Waals surface area contributed by atoms with Crippen molar-refractivity contribution in [3.05, 3.63) is 77.4 Å². The van der Waals surface area contributed by atoms with Crippen molar-refractivity contribution in [3.8, 4) is 35.4 Å². The molecule has 0 radical (unpaired) electrons. The maximum atomic E-state index is 13.3. The number of pyridine rings is 1. The largest absolute Gasteiger partial charge is 0.439 e. The molecule has 0 aliphatic carbocycles. The van der Waals surface area contributed by atoms with Crippen molar-refractivity contribution in [1.82, 2.24) is 9.88 Å². The van der Waals surface area contributed by atoms with Crippen molar-refractivity contribution in [2.75, 3.05) is 13.1 Å². The molecule has 1 amide bonds. The molecule has 7 nitrogen and oxygen atoms in total. The molecule has 1 aromatic heterocycles. The van der Waals surface area contributed by atoms with Gasteiger partial charge in [0.25, 0.3) is 5.91 Å². The Morgan fingerprint density at radius 3 is 2.00 bits per heavy atom.